The Kier molecular flexibility index (Phi) is 8.69. The standard InChI is InChI=1S/C23H24ClF2N5O3/c1-31(2)7-9-34-8-6-18(26)23(32)30-20-11-15-19(12-21(20)33-3)27-13-28-22(15)29-14-4-5-17(25)16(24)10-14/h4-6,10-13H,7-9H2,1-3H3,(H,30,32)(H,27,28,29)/b18-6-. The molecule has 8 nitrogen and oxygen atoms in total. The van der Waals surface area contributed by atoms with Crippen LogP contribution in [-0.2, 0) is 9.53 Å². The number of likely N-dealkylation sites (N-methyl/N-ethyl adjacent to an activating group) is 1. The summed E-state index contributed by atoms with van der Waals surface area (Å²) < 4.78 is 38.4. The monoisotopic (exact) mass is 491 g/mol. The minimum atomic E-state index is -0.990. The van der Waals surface area contributed by atoms with E-state index in [9.17, 15) is 13.6 Å². The lowest BCUT2D eigenvalue weighted by atomic mass is 10.1. The molecule has 2 aromatic carbocycles. The van der Waals surface area contributed by atoms with Gasteiger partial charge in [0, 0.05) is 23.7 Å². The number of fused-ring (bicyclic) bond motifs is 1. The van der Waals surface area contributed by atoms with Crippen LogP contribution in [0.3, 0.4) is 0 Å². The zero-order valence-corrected chi connectivity index (χ0v) is 19.6. The molecule has 3 rings (SSSR count). The fourth-order valence-corrected chi connectivity index (χ4v) is 3.08. The molecule has 0 aliphatic heterocycles. The number of nitrogens with one attached hydrogen (secondary N) is 2. The quantitative estimate of drug-likeness (QED) is 0.318. The SMILES string of the molecule is COc1cc2ncnc(Nc3ccc(F)c(Cl)c3)c2cc1NC(=O)/C(F)=C/COCCN(C)C. The summed E-state index contributed by atoms with van der Waals surface area (Å²) in [6.45, 7) is 1.05. The van der Waals surface area contributed by atoms with E-state index in [1.165, 1.54) is 31.6 Å². The van der Waals surface area contributed by atoms with E-state index in [-0.39, 0.29) is 23.1 Å². The van der Waals surface area contributed by atoms with Crippen LogP contribution in [0.25, 0.3) is 10.9 Å². The van der Waals surface area contributed by atoms with Gasteiger partial charge in [0.1, 0.15) is 23.7 Å². The van der Waals surface area contributed by atoms with Crippen molar-refractivity contribution in [2.24, 2.45) is 0 Å². The first kappa shape index (κ1) is 25.3. The van der Waals surface area contributed by atoms with E-state index in [4.69, 9.17) is 21.1 Å². The minimum absolute atomic E-state index is 0.0376. The molecule has 0 aliphatic rings. The Labute approximate surface area is 200 Å². The first-order valence-electron chi connectivity index (χ1n) is 10.2. The highest BCUT2D eigenvalue weighted by Crippen LogP contribution is 2.33. The van der Waals surface area contributed by atoms with Crippen LogP contribution in [0.15, 0.2) is 48.6 Å². The summed E-state index contributed by atoms with van der Waals surface area (Å²) in [5.74, 6) is -1.84. The molecule has 0 bridgehead atoms. The van der Waals surface area contributed by atoms with Gasteiger partial charge < -0.3 is 25.0 Å². The summed E-state index contributed by atoms with van der Waals surface area (Å²) in [7, 11) is 5.21. The number of nitrogens with zero attached hydrogens (tertiary/aromatic N) is 3. The van der Waals surface area contributed by atoms with Crippen molar-refractivity contribution < 1.29 is 23.0 Å². The summed E-state index contributed by atoms with van der Waals surface area (Å²) in [4.78, 5) is 22.7. The summed E-state index contributed by atoms with van der Waals surface area (Å²) in [5.41, 5.74) is 1.22. The Hall–Kier alpha value is -3.34. The van der Waals surface area contributed by atoms with Gasteiger partial charge in [-0.15, -0.1) is 0 Å². The molecule has 3 aromatic rings. The van der Waals surface area contributed by atoms with Gasteiger partial charge in [-0.05, 0) is 44.4 Å². The Bertz CT molecular complexity index is 1210. The molecule has 0 atom stereocenters. The molecule has 0 fully saturated rings. The number of carbonyl (C=O) groups excluding carboxylic acids is 1. The van der Waals surface area contributed by atoms with Crippen molar-refractivity contribution in [1.29, 1.82) is 0 Å². The van der Waals surface area contributed by atoms with E-state index in [1.54, 1.807) is 12.1 Å². The molecule has 1 amide bonds. The largest absolute Gasteiger partial charge is 0.494 e. The smallest absolute Gasteiger partial charge is 0.284 e. The van der Waals surface area contributed by atoms with Crippen LogP contribution in [-0.4, -0.2) is 61.7 Å². The number of methoxy groups -OCH3 is 1. The molecule has 11 heteroatoms. The molecule has 0 saturated carbocycles. The molecule has 1 heterocycles. The Balaban J connectivity index is 1.82. The lowest BCUT2D eigenvalue weighted by molar-refractivity contribution is -0.114. The molecule has 0 saturated heterocycles. The second-order valence-corrected chi connectivity index (χ2v) is 7.84. The second kappa shape index (κ2) is 11.7. The van der Waals surface area contributed by atoms with Crippen LogP contribution >= 0.6 is 11.6 Å². The summed E-state index contributed by atoms with van der Waals surface area (Å²) in [6, 6.07) is 7.28. The molecule has 0 aliphatic carbocycles. The maximum absolute atomic E-state index is 14.3. The summed E-state index contributed by atoms with van der Waals surface area (Å²) in [5, 5.41) is 6.00. The van der Waals surface area contributed by atoms with Crippen LogP contribution in [0.2, 0.25) is 5.02 Å². The fourth-order valence-electron chi connectivity index (χ4n) is 2.90. The number of halogens is 3. The topological polar surface area (TPSA) is 88.6 Å². The highest BCUT2D eigenvalue weighted by Gasteiger charge is 2.16. The number of rotatable bonds is 10. The van der Waals surface area contributed by atoms with Crippen LogP contribution < -0.4 is 15.4 Å². The number of aromatic nitrogens is 2. The molecule has 1 aromatic heterocycles. The van der Waals surface area contributed by atoms with Crippen molar-refractivity contribution >= 4 is 45.6 Å². The number of hydrogen-bond donors (Lipinski definition) is 2. The van der Waals surface area contributed by atoms with E-state index in [1.807, 2.05) is 19.0 Å². The molecular formula is C23H24ClF2N5O3. The van der Waals surface area contributed by atoms with E-state index < -0.39 is 17.6 Å². The number of anilines is 3. The molecule has 0 radical (unpaired) electrons. The first-order valence-corrected chi connectivity index (χ1v) is 10.6. The van der Waals surface area contributed by atoms with Crippen molar-refractivity contribution in [1.82, 2.24) is 14.9 Å². The van der Waals surface area contributed by atoms with E-state index in [2.05, 4.69) is 20.6 Å². The molecule has 2 N–H and O–H groups in total. The average Bonchev–Trinajstić information content (AvgIpc) is 2.80. The van der Waals surface area contributed by atoms with Gasteiger partial charge in [0.2, 0.25) is 0 Å². The van der Waals surface area contributed by atoms with E-state index in [0.717, 1.165) is 6.08 Å². The van der Waals surface area contributed by atoms with Crippen LogP contribution in [0, 0.1) is 5.82 Å². The zero-order chi connectivity index (χ0) is 24.7. The van der Waals surface area contributed by atoms with Crippen molar-refractivity contribution in [3.05, 3.63) is 59.4 Å². The average molecular weight is 492 g/mol. The first-order chi connectivity index (χ1) is 16.3. The molecule has 34 heavy (non-hydrogen) atoms. The van der Waals surface area contributed by atoms with Gasteiger partial charge >= 0.3 is 0 Å². The molecular weight excluding hydrogens is 468 g/mol. The number of ether oxygens (including phenoxy) is 2. The minimum Gasteiger partial charge on any atom is -0.494 e. The maximum atomic E-state index is 14.3. The predicted molar refractivity (Wildman–Crippen MR) is 128 cm³/mol. The second-order valence-electron chi connectivity index (χ2n) is 7.43. The Morgan fingerprint density at radius 3 is 2.74 bits per heavy atom. The normalized spacial score (nSPS) is 11.7. The Morgan fingerprint density at radius 2 is 2.03 bits per heavy atom. The Morgan fingerprint density at radius 1 is 1.24 bits per heavy atom. The van der Waals surface area contributed by atoms with Crippen molar-refractivity contribution in [2.45, 2.75) is 0 Å². The number of amides is 1. The van der Waals surface area contributed by atoms with Crippen LogP contribution in [0.1, 0.15) is 0 Å². The predicted octanol–water partition coefficient (Wildman–Crippen LogP) is 4.54. The van der Waals surface area contributed by atoms with Gasteiger partial charge in [-0.25, -0.2) is 18.7 Å². The fraction of sp³-hybridized carbons (Fsp3) is 0.261. The lowest BCUT2D eigenvalue weighted by Crippen LogP contribution is -2.18. The third-order valence-electron chi connectivity index (χ3n) is 4.67. The van der Waals surface area contributed by atoms with E-state index in [0.29, 0.717) is 35.6 Å². The van der Waals surface area contributed by atoms with Gasteiger partial charge in [-0.3, -0.25) is 4.79 Å². The van der Waals surface area contributed by atoms with Gasteiger partial charge in [-0.1, -0.05) is 11.6 Å². The van der Waals surface area contributed by atoms with Gasteiger partial charge in [0.25, 0.3) is 5.91 Å². The van der Waals surface area contributed by atoms with Crippen LogP contribution in [0.5, 0.6) is 5.75 Å². The summed E-state index contributed by atoms with van der Waals surface area (Å²) in [6.07, 6.45) is 2.40. The molecule has 0 unspecified atom stereocenters. The molecule has 0 spiro atoms. The van der Waals surface area contributed by atoms with Crippen molar-refractivity contribution in [3.8, 4) is 5.75 Å². The molecule has 180 valence electrons. The van der Waals surface area contributed by atoms with Gasteiger partial charge in [0.05, 0.1) is 36.6 Å². The lowest BCUT2D eigenvalue weighted by Gasteiger charge is -2.14. The summed E-state index contributed by atoms with van der Waals surface area (Å²) >= 11 is 5.85. The van der Waals surface area contributed by atoms with Crippen molar-refractivity contribution in [3.63, 3.8) is 0 Å². The van der Waals surface area contributed by atoms with Gasteiger partial charge in [-0.2, -0.15) is 0 Å². The number of hydrogen-bond acceptors (Lipinski definition) is 7. The van der Waals surface area contributed by atoms with E-state index >= 15 is 0 Å². The zero-order valence-electron chi connectivity index (χ0n) is 18.9. The number of carbonyl (C=O) groups is 1. The third kappa shape index (κ3) is 6.60. The highest BCUT2D eigenvalue weighted by molar-refractivity contribution is 6.31. The number of benzene rings is 2. The third-order valence-corrected chi connectivity index (χ3v) is 4.96. The van der Waals surface area contributed by atoms with Gasteiger partial charge in [0.15, 0.2) is 5.83 Å². The highest BCUT2D eigenvalue weighted by atomic mass is 35.5. The van der Waals surface area contributed by atoms with Crippen LogP contribution in [0.4, 0.5) is 26.0 Å². The maximum Gasteiger partial charge on any atom is 0.284 e. The van der Waals surface area contributed by atoms with Crippen molar-refractivity contribution in [2.75, 3.05) is 51.6 Å².